The summed E-state index contributed by atoms with van der Waals surface area (Å²) in [5, 5.41) is 0. The Morgan fingerprint density at radius 1 is 0.963 bits per heavy atom. The molecule has 5 nitrogen and oxygen atoms in total. The maximum atomic E-state index is 12.5. The third-order valence-electron chi connectivity index (χ3n) is 5.67. The first kappa shape index (κ1) is 18.0. The summed E-state index contributed by atoms with van der Waals surface area (Å²) in [6.45, 7) is 3.89. The highest BCUT2D eigenvalue weighted by Crippen LogP contribution is 2.23. The van der Waals surface area contributed by atoms with Crippen LogP contribution < -0.4 is 0 Å². The lowest BCUT2D eigenvalue weighted by Crippen LogP contribution is -2.48. The molecule has 2 aliphatic rings. The van der Waals surface area contributed by atoms with Crippen LogP contribution in [-0.4, -0.2) is 47.7 Å². The monoisotopic (exact) mass is 366 g/mol. The molecule has 1 aliphatic carbocycles. The molecule has 4 rings (SSSR count). The van der Waals surface area contributed by atoms with Gasteiger partial charge in [0, 0.05) is 44.6 Å². The van der Waals surface area contributed by atoms with Crippen LogP contribution in [0.3, 0.4) is 0 Å². The number of ketones is 1. The van der Waals surface area contributed by atoms with E-state index in [0.717, 1.165) is 43.8 Å². The van der Waals surface area contributed by atoms with Gasteiger partial charge in [-0.15, -0.1) is 0 Å². The van der Waals surface area contributed by atoms with Crippen LogP contribution in [0.15, 0.2) is 41.0 Å². The second-order valence-corrected chi connectivity index (χ2v) is 7.50. The fraction of sp³-hybridized carbons (Fsp3) is 0.455. The molecule has 0 N–H and O–H groups in total. The number of aryl methyl sites for hydroxylation is 2. The van der Waals surface area contributed by atoms with Crippen molar-refractivity contribution in [3.05, 3.63) is 59.0 Å². The van der Waals surface area contributed by atoms with Crippen molar-refractivity contribution in [3.8, 4) is 0 Å². The summed E-state index contributed by atoms with van der Waals surface area (Å²) < 4.78 is 5.39. The number of furan rings is 1. The van der Waals surface area contributed by atoms with Crippen LogP contribution >= 0.6 is 0 Å². The number of carbonyl (C=O) groups is 2. The molecule has 0 atom stereocenters. The molecule has 1 saturated heterocycles. The van der Waals surface area contributed by atoms with Crippen molar-refractivity contribution in [3.63, 3.8) is 0 Å². The van der Waals surface area contributed by atoms with E-state index >= 15 is 0 Å². The summed E-state index contributed by atoms with van der Waals surface area (Å²) in [5.41, 5.74) is 3.43. The standard InChI is InChI=1S/C22H26N2O3/c25-21(19-7-6-17-3-1-4-18(17)15-19)8-9-22(26)24-12-10-23(11-13-24)16-20-5-2-14-27-20/h2,5-7,14-15H,1,3-4,8-13,16H2. The third-order valence-corrected chi connectivity index (χ3v) is 5.67. The van der Waals surface area contributed by atoms with Gasteiger partial charge in [-0.3, -0.25) is 14.5 Å². The van der Waals surface area contributed by atoms with E-state index in [9.17, 15) is 9.59 Å². The van der Waals surface area contributed by atoms with E-state index in [1.54, 1.807) is 6.26 Å². The van der Waals surface area contributed by atoms with Crippen molar-refractivity contribution in [2.45, 2.75) is 38.6 Å². The zero-order valence-electron chi connectivity index (χ0n) is 15.7. The summed E-state index contributed by atoms with van der Waals surface area (Å²) in [6, 6.07) is 9.90. The molecule has 1 aromatic heterocycles. The molecule has 5 heteroatoms. The Morgan fingerprint density at radius 3 is 2.56 bits per heavy atom. The Labute approximate surface area is 159 Å². The Hall–Kier alpha value is -2.40. The molecule has 1 fully saturated rings. The van der Waals surface area contributed by atoms with Gasteiger partial charge in [-0.1, -0.05) is 12.1 Å². The minimum absolute atomic E-state index is 0.0782. The Morgan fingerprint density at radius 2 is 1.78 bits per heavy atom. The van der Waals surface area contributed by atoms with Gasteiger partial charge in [0.15, 0.2) is 5.78 Å². The van der Waals surface area contributed by atoms with Crippen LogP contribution in [0.1, 0.15) is 46.5 Å². The number of amides is 1. The number of piperazine rings is 1. The second-order valence-electron chi connectivity index (χ2n) is 7.50. The van der Waals surface area contributed by atoms with Crippen LogP contribution in [0.25, 0.3) is 0 Å². The zero-order chi connectivity index (χ0) is 18.6. The van der Waals surface area contributed by atoms with Crippen molar-refractivity contribution in [2.75, 3.05) is 26.2 Å². The highest BCUT2D eigenvalue weighted by atomic mass is 16.3. The number of hydrogen-bond donors (Lipinski definition) is 0. The zero-order valence-corrected chi connectivity index (χ0v) is 15.7. The number of benzene rings is 1. The highest BCUT2D eigenvalue weighted by Gasteiger charge is 2.22. The predicted octanol–water partition coefficient (Wildman–Crippen LogP) is 3.08. The summed E-state index contributed by atoms with van der Waals surface area (Å²) in [6.07, 6.45) is 5.65. The molecule has 27 heavy (non-hydrogen) atoms. The molecule has 142 valence electrons. The van der Waals surface area contributed by atoms with Gasteiger partial charge in [0.25, 0.3) is 0 Å². The highest BCUT2D eigenvalue weighted by molar-refractivity contribution is 5.98. The largest absolute Gasteiger partial charge is 0.468 e. The Bertz CT molecular complexity index is 805. The van der Waals surface area contributed by atoms with E-state index < -0.39 is 0 Å². The first-order chi connectivity index (χ1) is 13.2. The summed E-state index contributed by atoms with van der Waals surface area (Å²) in [5.74, 6) is 1.12. The Kier molecular flexibility index (Phi) is 5.39. The third kappa shape index (κ3) is 4.30. The quantitative estimate of drug-likeness (QED) is 0.738. The minimum atomic E-state index is 0.0782. The van der Waals surface area contributed by atoms with Crippen molar-refractivity contribution in [1.29, 1.82) is 0 Å². The maximum absolute atomic E-state index is 12.5. The lowest BCUT2D eigenvalue weighted by Gasteiger charge is -2.34. The van der Waals surface area contributed by atoms with Gasteiger partial charge in [0.05, 0.1) is 12.8 Å². The summed E-state index contributed by atoms with van der Waals surface area (Å²) in [7, 11) is 0. The van der Waals surface area contributed by atoms with E-state index in [-0.39, 0.29) is 11.7 Å². The van der Waals surface area contributed by atoms with Crippen molar-refractivity contribution < 1.29 is 14.0 Å². The smallest absolute Gasteiger partial charge is 0.223 e. The van der Waals surface area contributed by atoms with Gasteiger partial charge in [-0.25, -0.2) is 0 Å². The Balaban J connectivity index is 1.23. The number of hydrogen-bond acceptors (Lipinski definition) is 4. The van der Waals surface area contributed by atoms with Crippen LogP contribution in [0.4, 0.5) is 0 Å². The molecule has 2 aromatic rings. The van der Waals surface area contributed by atoms with Gasteiger partial charge in [0.1, 0.15) is 5.76 Å². The number of carbonyl (C=O) groups excluding carboxylic acids is 2. The predicted molar refractivity (Wildman–Crippen MR) is 103 cm³/mol. The molecule has 0 bridgehead atoms. The van der Waals surface area contributed by atoms with Gasteiger partial charge >= 0.3 is 0 Å². The van der Waals surface area contributed by atoms with Crippen molar-refractivity contribution in [2.24, 2.45) is 0 Å². The number of nitrogens with zero attached hydrogens (tertiary/aromatic N) is 2. The number of Topliss-reactive ketones (excluding diaryl/α,β-unsaturated/α-hetero) is 1. The van der Waals surface area contributed by atoms with Gasteiger partial charge < -0.3 is 9.32 Å². The normalized spacial score (nSPS) is 17.1. The average molecular weight is 366 g/mol. The van der Waals surface area contributed by atoms with Crippen molar-refractivity contribution >= 4 is 11.7 Å². The molecule has 2 heterocycles. The average Bonchev–Trinajstić information content (AvgIpc) is 3.37. The first-order valence-electron chi connectivity index (χ1n) is 9.86. The molecule has 0 unspecified atom stereocenters. The fourth-order valence-electron chi connectivity index (χ4n) is 4.05. The van der Waals surface area contributed by atoms with Crippen LogP contribution in [0, 0.1) is 0 Å². The van der Waals surface area contributed by atoms with E-state index in [4.69, 9.17) is 4.42 Å². The first-order valence-corrected chi connectivity index (χ1v) is 9.86. The molecular weight excluding hydrogens is 340 g/mol. The van der Waals surface area contributed by atoms with E-state index in [1.807, 2.05) is 29.2 Å². The van der Waals surface area contributed by atoms with Crippen LogP contribution in [-0.2, 0) is 24.2 Å². The molecule has 0 radical (unpaired) electrons. The SMILES string of the molecule is O=C(CCC(=O)N1CCN(Cc2ccco2)CC1)c1ccc2c(c1)CCC2. The summed E-state index contributed by atoms with van der Waals surface area (Å²) in [4.78, 5) is 29.1. The summed E-state index contributed by atoms with van der Waals surface area (Å²) >= 11 is 0. The minimum Gasteiger partial charge on any atom is -0.468 e. The molecule has 1 amide bonds. The molecule has 1 aromatic carbocycles. The molecular formula is C22H26N2O3. The fourth-order valence-corrected chi connectivity index (χ4v) is 4.05. The molecule has 0 saturated carbocycles. The number of fused-ring (bicyclic) bond motifs is 1. The second kappa shape index (κ2) is 8.09. The van der Waals surface area contributed by atoms with Gasteiger partial charge in [0.2, 0.25) is 5.91 Å². The number of rotatable bonds is 6. The lowest BCUT2D eigenvalue weighted by molar-refractivity contribution is -0.133. The molecule has 0 spiro atoms. The van der Waals surface area contributed by atoms with Gasteiger partial charge in [-0.05, 0) is 48.6 Å². The van der Waals surface area contributed by atoms with E-state index in [2.05, 4.69) is 11.0 Å². The maximum Gasteiger partial charge on any atom is 0.223 e. The van der Waals surface area contributed by atoms with E-state index in [1.165, 1.54) is 17.5 Å². The molecule has 1 aliphatic heterocycles. The van der Waals surface area contributed by atoms with Crippen LogP contribution in [0.5, 0.6) is 0 Å². The lowest BCUT2D eigenvalue weighted by atomic mass is 10.0. The topological polar surface area (TPSA) is 53.8 Å². The van der Waals surface area contributed by atoms with Crippen molar-refractivity contribution in [1.82, 2.24) is 9.80 Å². The van der Waals surface area contributed by atoms with E-state index in [0.29, 0.717) is 25.9 Å². The van der Waals surface area contributed by atoms with Crippen LogP contribution in [0.2, 0.25) is 0 Å². The van der Waals surface area contributed by atoms with Gasteiger partial charge in [-0.2, -0.15) is 0 Å².